The van der Waals surface area contributed by atoms with Crippen molar-refractivity contribution in [2.24, 2.45) is 16.9 Å². The molecule has 0 heterocycles. The summed E-state index contributed by atoms with van der Waals surface area (Å²) in [5.41, 5.74) is 6.48. The van der Waals surface area contributed by atoms with Crippen LogP contribution in [-0.4, -0.2) is 11.6 Å². The van der Waals surface area contributed by atoms with E-state index in [2.05, 4.69) is 54.5 Å². The number of halogens is 2. The summed E-state index contributed by atoms with van der Waals surface area (Å²) in [4.78, 5) is 12.3. The highest BCUT2D eigenvalue weighted by atomic mass is 79.9. The number of allylic oxidation sites excluding steroid dienone is 2. The fourth-order valence-electron chi connectivity index (χ4n) is 3.58. The number of carbonyl (C=O) groups is 1. The molecule has 1 fully saturated rings. The Balaban J connectivity index is 1.34. The highest BCUT2D eigenvalue weighted by molar-refractivity contribution is 9.11. The van der Waals surface area contributed by atoms with E-state index in [0.29, 0.717) is 24.0 Å². The van der Waals surface area contributed by atoms with Crippen LogP contribution in [0.15, 0.2) is 62.6 Å². The molecule has 1 N–H and O–H groups in total. The van der Waals surface area contributed by atoms with Gasteiger partial charge >= 0.3 is 0 Å². The third kappa shape index (κ3) is 4.08. The minimum Gasteiger partial charge on any atom is -0.487 e. The zero-order chi connectivity index (χ0) is 19.7. The molecule has 0 aromatic heterocycles. The molecular formula is C22H20Br2N2O2. The molecule has 0 radical (unpaired) electrons. The minimum atomic E-state index is -0.186. The number of aryl methyl sites for hydroxylation is 1. The van der Waals surface area contributed by atoms with Gasteiger partial charge in [-0.2, -0.15) is 5.10 Å². The van der Waals surface area contributed by atoms with E-state index in [9.17, 15) is 4.79 Å². The molecule has 2 aliphatic carbocycles. The van der Waals surface area contributed by atoms with Crippen molar-refractivity contribution in [3.63, 3.8) is 0 Å². The Labute approximate surface area is 181 Å². The zero-order valence-corrected chi connectivity index (χ0v) is 18.6. The predicted molar refractivity (Wildman–Crippen MR) is 118 cm³/mol. The van der Waals surface area contributed by atoms with Crippen LogP contribution in [0.1, 0.15) is 34.3 Å². The number of carbonyl (C=O) groups excluding carboxylic acids is 1. The van der Waals surface area contributed by atoms with Gasteiger partial charge in [0.1, 0.15) is 12.4 Å². The monoisotopic (exact) mass is 502 g/mol. The van der Waals surface area contributed by atoms with Crippen molar-refractivity contribution in [3.8, 4) is 5.75 Å². The van der Waals surface area contributed by atoms with E-state index < -0.39 is 0 Å². The number of rotatable bonds is 5. The number of benzene rings is 2. The third-order valence-electron chi connectivity index (χ3n) is 5.19. The Morgan fingerprint density at radius 2 is 1.93 bits per heavy atom. The zero-order valence-electron chi connectivity index (χ0n) is 15.4. The number of amides is 1. The molecule has 4 nitrogen and oxygen atoms in total. The molecule has 0 unspecified atom stereocenters. The smallest absolute Gasteiger partial charge is 0.271 e. The maximum Gasteiger partial charge on any atom is 0.271 e. The van der Waals surface area contributed by atoms with Crippen LogP contribution in [0, 0.1) is 18.8 Å². The lowest BCUT2D eigenvalue weighted by Gasteiger charge is -2.31. The van der Waals surface area contributed by atoms with Gasteiger partial charge in [-0.3, -0.25) is 4.79 Å². The largest absolute Gasteiger partial charge is 0.487 e. The fourth-order valence-corrected chi connectivity index (χ4v) is 5.23. The second-order valence-electron chi connectivity index (χ2n) is 7.24. The lowest BCUT2D eigenvalue weighted by molar-refractivity contribution is 0.0954. The van der Waals surface area contributed by atoms with Crippen molar-refractivity contribution in [1.29, 1.82) is 0 Å². The van der Waals surface area contributed by atoms with Crippen LogP contribution in [0.5, 0.6) is 5.75 Å². The molecule has 28 heavy (non-hydrogen) atoms. The SMILES string of the molecule is Cc1cc(Br)c(OCc2ccc(C(=O)N/N=C3\C[C@@H]4CC=C[C@@H]34)cc2)c(Br)c1. The lowest BCUT2D eigenvalue weighted by Crippen LogP contribution is -2.35. The highest BCUT2D eigenvalue weighted by Gasteiger charge is 2.37. The van der Waals surface area contributed by atoms with Gasteiger partial charge in [0.15, 0.2) is 0 Å². The fraction of sp³-hybridized carbons (Fsp3) is 0.273. The van der Waals surface area contributed by atoms with Crippen LogP contribution < -0.4 is 10.2 Å². The summed E-state index contributed by atoms with van der Waals surface area (Å²) in [5, 5.41) is 4.30. The van der Waals surface area contributed by atoms with Crippen LogP contribution in [0.4, 0.5) is 0 Å². The van der Waals surface area contributed by atoms with Gasteiger partial charge in [0, 0.05) is 17.2 Å². The van der Waals surface area contributed by atoms with Crippen LogP contribution >= 0.6 is 31.9 Å². The molecular weight excluding hydrogens is 484 g/mol. The first-order chi connectivity index (χ1) is 13.5. The molecule has 144 valence electrons. The molecule has 0 bridgehead atoms. The summed E-state index contributed by atoms with van der Waals surface area (Å²) >= 11 is 7.07. The normalized spacial score (nSPS) is 21.3. The lowest BCUT2D eigenvalue weighted by atomic mass is 9.74. The topological polar surface area (TPSA) is 50.7 Å². The maximum atomic E-state index is 12.3. The molecule has 2 aliphatic rings. The molecule has 1 saturated carbocycles. The first-order valence-corrected chi connectivity index (χ1v) is 10.8. The van der Waals surface area contributed by atoms with Crippen LogP contribution in [-0.2, 0) is 6.61 Å². The quantitative estimate of drug-likeness (QED) is 0.415. The van der Waals surface area contributed by atoms with E-state index in [-0.39, 0.29) is 5.91 Å². The summed E-state index contributed by atoms with van der Waals surface area (Å²) < 4.78 is 7.74. The van der Waals surface area contributed by atoms with Crippen molar-refractivity contribution in [2.45, 2.75) is 26.4 Å². The van der Waals surface area contributed by atoms with Gasteiger partial charge in [0.25, 0.3) is 5.91 Å². The summed E-state index contributed by atoms with van der Waals surface area (Å²) in [5.74, 6) is 1.71. The van der Waals surface area contributed by atoms with Crippen LogP contribution in [0.2, 0.25) is 0 Å². The Bertz CT molecular complexity index is 944. The van der Waals surface area contributed by atoms with Crippen molar-refractivity contribution in [2.75, 3.05) is 0 Å². The molecule has 2 atom stereocenters. The Morgan fingerprint density at radius 3 is 2.61 bits per heavy atom. The van der Waals surface area contributed by atoms with E-state index in [4.69, 9.17) is 4.74 Å². The number of nitrogens with zero attached hydrogens (tertiary/aromatic N) is 1. The predicted octanol–water partition coefficient (Wildman–Crippen LogP) is 5.78. The average molecular weight is 504 g/mol. The van der Waals surface area contributed by atoms with E-state index >= 15 is 0 Å². The number of hydrogen-bond acceptors (Lipinski definition) is 3. The second-order valence-corrected chi connectivity index (χ2v) is 8.95. The molecule has 2 aromatic rings. The van der Waals surface area contributed by atoms with Crippen LogP contribution in [0.25, 0.3) is 0 Å². The number of nitrogens with one attached hydrogen (secondary N) is 1. The van der Waals surface area contributed by atoms with Gasteiger partial charge in [-0.25, -0.2) is 5.43 Å². The first-order valence-electron chi connectivity index (χ1n) is 9.22. The van der Waals surface area contributed by atoms with Gasteiger partial charge in [0.2, 0.25) is 0 Å². The molecule has 0 saturated heterocycles. The standard InChI is InChI=1S/C22H20Br2N2O2/c1-13-9-18(23)21(19(24)10-13)28-12-14-5-7-15(8-6-14)22(27)26-25-20-11-16-3-2-4-17(16)20/h2,4-10,16-17H,3,11-12H2,1H3,(H,26,27)/b25-20+/t16-,17+/m0/s1. The molecule has 0 spiro atoms. The van der Waals surface area contributed by atoms with Crippen molar-refractivity contribution < 1.29 is 9.53 Å². The van der Waals surface area contributed by atoms with Gasteiger partial charge < -0.3 is 4.74 Å². The van der Waals surface area contributed by atoms with E-state index in [0.717, 1.165) is 44.4 Å². The third-order valence-corrected chi connectivity index (χ3v) is 6.37. The van der Waals surface area contributed by atoms with E-state index in [1.165, 1.54) is 0 Å². The highest BCUT2D eigenvalue weighted by Crippen LogP contribution is 2.40. The average Bonchev–Trinajstić information content (AvgIpc) is 3.02. The molecule has 2 aromatic carbocycles. The van der Waals surface area contributed by atoms with Gasteiger partial charge in [-0.1, -0.05) is 24.3 Å². The van der Waals surface area contributed by atoms with Crippen molar-refractivity contribution in [1.82, 2.24) is 5.43 Å². The first kappa shape index (κ1) is 19.4. The molecule has 6 heteroatoms. The van der Waals surface area contributed by atoms with Gasteiger partial charge in [-0.05, 0) is 92.9 Å². The minimum absolute atomic E-state index is 0.186. The molecule has 4 rings (SSSR count). The van der Waals surface area contributed by atoms with Gasteiger partial charge in [-0.15, -0.1) is 0 Å². The Morgan fingerprint density at radius 1 is 1.21 bits per heavy atom. The summed E-state index contributed by atoms with van der Waals surface area (Å²) in [6, 6.07) is 11.4. The van der Waals surface area contributed by atoms with Gasteiger partial charge in [0.05, 0.1) is 8.95 Å². The summed E-state index contributed by atoms with van der Waals surface area (Å²) in [6.45, 7) is 2.45. The number of ether oxygens (including phenoxy) is 1. The number of hydrazone groups is 1. The van der Waals surface area contributed by atoms with E-state index in [1.807, 2.05) is 31.2 Å². The molecule has 1 amide bonds. The Hall–Kier alpha value is -1.92. The van der Waals surface area contributed by atoms with Crippen molar-refractivity contribution >= 4 is 43.5 Å². The summed E-state index contributed by atoms with van der Waals surface area (Å²) in [7, 11) is 0. The maximum absolute atomic E-state index is 12.3. The number of fused-ring (bicyclic) bond motifs is 1. The molecule has 0 aliphatic heterocycles. The number of hydrogen-bond donors (Lipinski definition) is 1. The van der Waals surface area contributed by atoms with Crippen LogP contribution in [0.3, 0.4) is 0 Å². The van der Waals surface area contributed by atoms with E-state index in [1.54, 1.807) is 12.1 Å². The Kier molecular flexibility index (Phi) is 5.69. The second kappa shape index (κ2) is 8.21. The van der Waals surface area contributed by atoms with Crippen molar-refractivity contribution in [3.05, 3.63) is 74.2 Å². The summed E-state index contributed by atoms with van der Waals surface area (Å²) in [6.07, 6.45) is 6.52.